The SMILES string of the molecule is COc1ccc(N2CC(C(=O)N(Cc3cccnc3)C(C)C)CC2=O)cc1OC. The minimum atomic E-state index is -0.380. The lowest BCUT2D eigenvalue weighted by atomic mass is 10.1. The Morgan fingerprint density at radius 2 is 2.00 bits per heavy atom. The summed E-state index contributed by atoms with van der Waals surface area (Å²) in [6.45, 7) is 4.79. The van der Waals surface area contributed by atoms with Crippen LogP contribution in [0.1, 0.15) is 25.8 Å². The molecule has 2 heterocycles. The van der Waals surface area contributed by atoms with E-state index < -0.39 is 0 Å². The zero-order valence-electron chi connectivity index (χ0n) is 17.3. The molecule has 0 spiro atoms. The second kappa shape index (κ2) is 8.94. The van der Waals surface area contributed by atoms with Gasteiger partial charge in [-0.15, -0.1) is 0 Å². The summed E-state index contributed by atoms with van der Waals surface area (Å²) in [6, 6.07) is 9.16. The highest BCUT2D eigenvalue weighted by Crippen LogP contribution is 2.34. The Hall–Kier alpha value is -3.09. The average Bonchev–Trinajstić information content (AvgIpc) is 3.13. The molecule has 2 amide bonds. The molecule has 1 aromatic heterocycles. The number of hydrogen-bond donors (Lipinski definition) is 0. The van der Waals surface area contributed by atoms with Crippen LogP contribution in [-0.4, -0.2) is 48.5 Å². The van der Waals surface area contributed by atoms with Gasteiger partial charge in [0.1, 0.15) is 0 Å². The van der Waals surface area contributed by atoms with Gasteiger partial charge in [0, 0.05) is 49.7 Å². The first kappa shape index (κ1) is 20.6. The third-order valence-corrected chi connectivity index (χ3v) is 5.14. The van der Waals surface area contributed by atoms with Crippen molar-refractivity contribution in [3.05, 3.63) is 48.3 Å². The van der Waals surface area contributed by atoms with E-state index in [0.29, 0.717) is 30.3 Å². The van der Waals surface area contributed by atoms with Gasteiger partial charge in [-0.05, 0) is 37.6 Å². The van der Waals surface area contributed by atoms with Crippen LogP contribution in [0, 0.1) is 5.92 Å². The van der Waals surface area contributed by atoms with Crippen LogP contribution in [0.15, 0.2) is 42.7 Å². The lowest BCUT2D eigenvalue weighted by molar-refractivity contribution is -0.138. The van der Waals surface area contributed by atoms with E-state index in [-0.39, 0.29) is 30.2 Å². The van der Waals surface area contributed by atoms with E-state index in [0.717, 1.165) is 5.56 Å². The van der Waals surface area contributed by atoms with Crippen molar-refractivity contribution in [2.75, 3.05) is 25.7 Å². The molecule has 3 rings (SSSR count). The number of ether oxygens (including phenoxy) is 2. The van der Waals surface area contributed by atoms with Crippen LogP contribution in [0.3, 0.4) is 0 Å². The van der Waals surface area contributed by atoms with E-state index in [4.69, 9.17) is 9.47 Å². The molecule has 0 aliphatic carbocycles. The maximum absolute atomic E-state index is 13.2. The summed E-state index contributed by atoms with van der Waals surface area (Å²) in [5, 5.41) is 0. The highest BCUT2D eigenvalue weighted by atomic mass is 16.5. The minimum absolute atomic E-state index is 0.0137. The molecule has 1 aromatic carbocycles. The Bertz CT molecular complexity index is 870. The summed E-state index contributed by atoms with van der Waals surface area (Å²) < 4.78 is 10.6. The normalized spacial score (nSPS) is 16.2. The minimum Gasteiger partial charge on any atom is -0.493 e. The molecule has 29 heavy (non-hydrogen) atoms. The molecule has 7 heteroatoms. The van der Waals surface area contributed by atoms with Gasteiger partial charge in [-0.25, -0.2) is 0 Å². The van der Waals surface area contributed by atoms with Gasteiger partial charge < -0.3 is 19.3 Å². The van der Waals surface area contributed by atoms with Crippen molar-refractivity contribution in [1.29, 1.82) is 0 Å². The van der Waals surface area contributed by atoms with E-state index in [1.54, 1.807) is 43.6 Å². The number of aromatic nitrogens is 1. The highest BCUT2D eigenvalue weighted by Gasteiger charge is 2.38. The third-order valence-electron chi connectivity index (χ3n) is 5.14. The second-order valence-electron chi connectivity index (χ2n) is 7.37. The number of carbonyl (C=O) groups excluding carboxylic acids is 2. The molecular formula is C22H27N3O4. The van der Waals surface area contributed by atoms with Gasteiger partial charge in [0.15, 0.2) is 11.5 Å². The largest absolute Gasteiger partial charge is 0.493 e. The van der Waals surface area contributed by atoms with Gasteiger partial charge in [-0.3, -0.25) is 14.6 Å². The molecule has 1 saturated heterocycles. The number of amides is 2. The molecule has 1 fully saturated rings. The molecule has 1 aliphatic rings. The van der Waals surface area contributed by atoms with Crippen molar-refractivity contribution in [2.45, 2.75) is 32.9 Å². The highest BCUT2D eigenvalue weighted by molar-refractivity contribution is 6.00. The number of carbonyl (C=O) groups is 2. The van der Waals surface area contributed by atoms with Crippen molar-refractivity contribution in [2.24, 2.45) is 5.92 Å². The van der Waals surface area contributed by atoms with E-state index in [1.807, 2.05) is 36.9 Å². The van der Waals surface area contributed by atoms with E-state index in [1.165, 1.54) is 0 Å². The summed E-state index contributed by atoms with van der Waals surface area (Å²) in [6.07, 6.45) is 3.67. The molecule has 154 valence electrons. The van der Waals surface area contributed by atoms with Gasteiger partial charge in [0.05, 0.1) is 20.1 Å². The van der Waals surface area contributed by atoms with Crippen LogP contribution in [0.4, 0.5) is 5.69 Å². The molecule has 0 bridgehead atoms. The van der Waals surface area contributed by atoms with Gasteiger partial charge in [-0.2, -0.15) is 0 Å². The zero-order valence-corrected chi connectivity index (χ0v) is 17.3. The Balaban J connectivity index is 1.77. The molecule has 1 atom stereocenters. The fourth-order valence-corrected chi connectivity index (χ4v) is 3.55. The number of anilines is 1. The van der Waals surface area contributed by atoms with Crippen LogP contribution < -0.4 is 14.4 Å². The lowest BCUT2D eigenvalue weighted by Crippen LogP contribution is -2.41. The quantitative estimate of drug-likeness (QED) is 0.718. The van der Waals surface area contributed by atoms with Crippen LogP contribution >= 0.6 is 0 Å². The number of methoxy groups -OCH3 is 2. The van der Waals surface area contributed by atoms with Gasteiger partial charge in [0.2, 0.25) is 11.8 Å². The van der Waals surface area contributed by atoms with Gasteiger partial charge in [0.25, 0.3) is 0 Å². The Labute approximate surface area is 171 Å². The first-order chi connectivity index (χ1) is 13.9. The van der Waals surface area contributed by atoms with Crippen molar-refractivity contribution in [3.8, 4) is 11.5 Å². The number of pyridine rings is 1. The van der Waals surface area contributed by atoms with E-state index >= 15 is 0 Å². The fraction of sp³-hybridized carbons (Fsp3) is 0.409. The number of benzene rings is 1. The summed E-state index contributed by atoms with van der Waals surface area (Å²) in [5.41, 5.74) is 1.67. The maximum atomic E-state index is 13.2. The van der Waals surface area contributed by atoms with Gasteiger partial charge in [-0.1, -0.05) is 6.07 Å². The molecule has 0 radical (unpaired) electrons. The maximum Gasteiger partial charge on any atom is 0.228 e. The van der Waals surface area contributed by atoms with Gasteiger partial charge >= 0.3 is 0 Å². The van der Waals surface area contributed by atoms with Crippen LogP contribution in [-0.2, 0) is 16.1 Å². The second-order valence-corrected chi connectivity index (χ2v) is 7.37. The standard InChI is InChI=1S/C22H27N3O4/c1-15(2)24(13-16-6-5-9-23-12-16)22(27)17-10-21(26)25(14-17)18-7-8-19(28-3)20(11-18)29-4/h5-9,11-12,15,17H,10,13-14H2,1-4H3. The zero-order chi connectivity index (χ0) is 21.0. The van der Waals surface area contributed by atoms with Crippen LogP contribution in [0.5, 0.6) is 11.5 Å². The lowest BCUT2D eigenvalue weighted by Gasteiger charge is -2.29. The number of rotatable bonds is 7. The third kappa shape index (κ3) is 4.50. The molecular weight excluding hydrogens is 370 g/mol. The van der Waals surface area contributed by atoms with E-state index in [9.17, 15) is 9.59 Å². The van der Waals surface area contributed by atoms with Crippen molar-refractivity contribution >= 4 is 17.5 Å². The first-order valence-corrected chi connectivity index (χ1v) is 9.66. The Kier molecular flexibility index (Phi) is 6.36. The van der Waals surface area contributed by atoms with Crippen molar-refractivity contribution < 1.29 is 19.1 Å². The monoisotopic (exact) mass is 397 g/mol. The van der Waals surface area contributed by atoms with Crippen LogP contribution in [0.25, 0.3) is 0 Å². The fourth-order valence-electron chi connectivity index (χ4n) is 3.55. The molecule has 2 aromatic rings. The predicted octanol–water partition coefficient (Wildman–Crippen LogP) is 2.89. The predicted molar refractivity (Wildman–Crippen MR) is 110 cm³/mol. The number of nitrogens with zero attached hydrogens (tertiary/aromatic N) is 3. The topological polar surface area (TPSA) is 72.0 Å². The summed E-state index contributed by atoms with van der Waals surface area (Å²) in [5.74, 6) is 0.682. The molecule has 1 unspecified atom stereocenters. The Morgan fingerprint density at radius 3 is 2.62 bits per heavy atom. The average molecular weight is 397 g/mol. The Morgan fingerprint density at radius 1 is 1.24 bits per heavy atom. The summed E-state index contributed by atoms with van der Waals surface area (Å²) in [4.78, 5) is 33.5. The van der Waals surface area contributed by atoms with Crippen LogP contribution in [0.2, 0.25) is 0 Å². The summed E-state index contributed by atoms with van der Waals surface area (Å²) >= 11 is 0. The summed E-state index contributed by atoms with van der Waals surface area (Å²) in [7, 11) is 3.12. The van der Waals surface area contributed by atoms with E-state index in [2.05, 4.69) is 4.98 Å². The molecule has 0 N–H and O–H groups in total. The molecule has 1 aliphatic heterocycles. The van der Waals surface area contributed by atoms with Crippen molar-refractivity contribution in [1.82, 2.24) is 9.88 Å². The smallest absolute Gasteiger partial charge is 0.228 e. The first-order valence-electron chi connectivity index (χ1n) is 9.66. The molecule has 7 nitrogen and oxygen atoms in total. The number of hydrogen-bond acceptors (Lipinski definition) is 5. The van der Waals surface area contributed by atoms with Crippen molar-refractivity contribution in [3.63, 3.8) is 0 Å². The molecule has 0 saturated carbocycles.